The molecule has 0 N–H and O–H groups in total. The lowest BCUT2D eigenvalue weighted by atomic mass is 9.96. The number of hydrogen-bond donors (Lipinski definition) is 0. The summed E-state index contributed by atoms with van der Waals surface area (Å²) in [5.74, 6) is 1.63. The number of hydrogen-bond acceptors (Lipinski definition) is 4. The molecular formula is C17H23N3O2S. The zero-order chi connectivity index (χ0) is 16.4. The van der Waals surface area contributed by atoms with Crippen LogP contribution in [-0.4, -0.2) is 42.2 Å². The summed E-state index contributed by atoms with van der Waals surface area (Å²) in [6.45, 7) is 2.93. The van der Waals surface area contributed by atoms with E-state index in [1.807, 2.05) is 31.6 Å². The first-order chi connectivity index (χ1) is 10.9. The van der Waals surface area contributed by atoms with Gasteiger partial charge in [0, 0.05) is 44.7 Å². The van der Waals surface area contributed by atoms with Gasteiger partial charge < -0.3 is 4.57 Å². The van der Waals surface area contributed by atoms with Crippen LogP contribution in [0.15, 0.2) is 41.6 Å². The Morgan fingerprint density at radius 1 is 1.26 bits per heavy atom. The number of sulfone groups is 1. The molecule has 23 heavy (non-hydrogen) atoms. The third-order valence-electron chi connectivity index (χ3n) is 4.49. The van der Waals surface area contributed by atoms with Gasteiger partial charge in [-0.1, -0.05) is 12.1 Å². The Morgan fingerprint density at radius 3 is 2.61 bits per heavy atom. The molecule has 124 valence electrons. The number of likely N-dealkylation sites (tertiary alicyclic amines) is 1. The fourth-order valence-electron chi connectivity index (χ4n) is 3.28. The van der Waals surface area contributed by atoms with Crippen molar-refractivity contribution in [2.75, 3.05) is 19.3 Å². The van der Waals surface area contributed by atoms with Gasteiger partial charge in [0.15, 0.2) is 9.84 Å². The van der Waals surface area contributed by atoms with Crippen LogP contribution in [0.25, 0.3) is 0 Å². The molecule has 6 heteroatoms. The molecule has 0 amide bonds. The van der Waals surface area contributed by atoms with Gasteiger partial charge in [-0.3, -0.25) is 4.90 Å². The van der Waals surface area contributed by atoms with Gasteiger partial charge in [-0.15, -0.1) is 0 Å². The van der Waals surface area contributed by atoms with Gasteiger partial charge in [-0.2, -0.15) is 0 Å². The Balaban J connectivity index is 1.67. The van der Waals surface area contributed by atoms with E-state index in [9.17, 15) is 8.42 Å². The normalized spacial score (nSPS) is 19.8. The molecule has 0 aliphatic carbocycles. The van der Waals surface area contributed by atoms with E-state index in [0.29, 0.717) is 10.8 Å². The Kier molecular flexibility index (Phi) is 4.55. The molecule has 5 nitrogen and oxygen atoms in total. The molecule has 1 aliphatic rings. The first kappa shape index (κ1) is 16.2. The lowest BCUT2D eigenvalue weighted by molar-refractivity contribution is 0.195. The molecule has 3 rings (SSSR count). The third-order valence-corrected chi connectivity index (χ3v) is 5.62. The zero-order valence-electron chi connectivity index (χ0n) is 13.6. The summed E-state index contributed by atoms with van der Waals surface area (Å²) >= 11 is 0. The predicted molar refractivity (Wildman–Crippen MR) is 90.0 cm³/mol. The van der Waals surface area contributed by atoms with Crippen molar-refractivity contribution in [1.29, 1.82) is 0 Å². The van der Waals surface area contributed by atoms with E-state index < -0.39 is 9.84 Å². The Bertz CT molecular complexity index is 765. The number of aromatic nitrogens is 2. The minimum absolute atomic E-state index is 0.380. The van der Waals surface area contributed by atoms with Crippen molar-refractivity contribution in [2.24, 2.45) is 7.05 Å². The summed E-state index contributed by atoms with van der Waals surface area (Å²) in [7, 11) is -1.07. The number of imidazole rings is 1. The number of aryl methyl sites for hydroxylation is 1. The maximum Gasteiger partial charge on any atom is 0.175 e. The highest BCUT2D eigenvalue weighted by Crippen LogP contribution is 2.26. The lowest BCUT2D eigenvalue weighted by Gasteiger charge is -2.32. The number of nitrogens with zero attached hydrogens (tertiary/aromatic N) is 3. The molecule has 1 aliphatic heterocycles. The minimum Gasteiger partial charge on any atom is -0.338 e. The molecule has 1 fully saturated rings. The van der Waals surface area contributed by atoms with Gasteiger partial charge in [0.1, 0.15) is 5.82 Å². The van der Waals surface area contributed by atoms with Crippen LogP contribution in [0.5, 0.6) is 0 Å². The highest BCUT2D eigenvalue weighted by Gasteiger charge is 2.24. The second kappa shape index (κ2) is 6.45. The maximum absolute atomic E-state index is 11.5. The van der Waals surface area contributed by atoms with Crippen LogP contribution in [0.4, 0.5) is 0 Å². The number of piperidine rings is 1. The van der Waals surface area contributed by atoms with E-state index >= 15 is 0 Å². The van der Waals surface area contributed by atoms with Crippen molar-refractivity contribution in [2.45, 2.75) is 30.2 Å². The Morgan fingerprint density at radius 2 is 2.00 bits per heavy atom. The van der Waals surface area contributed by atoms with Crippen LogP contribution in [0, 0.1) is 0 Å². The van der Waals surface area contributed by atoms with Crippen molar-refractivity contribution in [3.8, 4) is 0 Å². The average molecular weight is 333 g/mol. The molecule has 2 heterocycles. The van der Waals surface area contributed by atoms with Crippen molar-refractivity contribution >= 4 is 9.84 Å². The van der Waals surface area contributed by atoms with E-state index in [1.165, 1.54) is 19.1 Å². The van der Waals surface area contributed by atoms with E-state index in [2.05, 4.69) is 14.5 Å². The molecule has 2 aromatic rings. The second-order valence-electron chi connectivity index (χ2n) is 6.39. The average Bonchev–Trinajstić information content (AvgIpc) is 2.93. The second-order valence-corrected chi connectivity index (χ2v) is 8.40. The zero-order valence-corrected chi connectivity index (χ0v) is 14.5. The Labute approximate surface area is 137 Å². The van der Waals surface area contributed by atoms with Crippen LogP contribution < -0.4 is 0 Å². The van der Waals surface area contributed by atoms with Crippen LogP contribution in [-0.2, 0) is 23.4 Å². The topological polar surface area (TPSA) is 55.2 Å². The Hall–Kier alpha value is -1.66. The van der Waals surface area contributed by atoms with Crippen molar-refractivity contribution in [3.63, 3.8) is 0 Å². The van der Waals surface area contributed by atoms with Crippen LogP contribution >= 0.6 is 0 Å². The van der Waals surface area contributed by atoms with Crippen LogP contribution in [0.3, 0.4) is 0 Å². The lowest BCUT2D eigenvalue weighted by Crippen LogP contribution is -2.34. The molecule has 0 radical (unpaired) electrons. The first-order valence-corrected chi connectivity index (χ1v) is 9.81. The molecule has 1 aromatic carbocycles. The minimum atomic E-state index is -3.12. The fourth-order valence-corrected chi connectivity index (χ4v) is 3.91. The number of benzene rings is 1. The quantitative estimate of drug-likeness (QED) is 0.861. The van der Waals surface area contributed by atoms with Gasteiger partial charge in [-0.05, 0) is 37.1 Å². The SMILES string of the molecule is Cn1ccnc1[C@@H]1CCCN(Cc2ccc(S(C)(=O)=O)cc2)C1. The maximum atomic E-state index is 11.5. The van der Waals surface area contributed by atoms with E-state index in [0.717, 1.165) is 31.0 Å². The predicted octanol–water partition coefficient (Wildman–Crippen LogP) is 2.20. The largest absolute Gasteiger partial charge is 0.338 e. The summed E-state index contributed by atoms with van der Waals surface area (Å²) in [5.41, 5.74) is 1.15. The molecule has 0 unspecified atom stereocenters. The standard InChI is InChI=1S/C17H23N3O2S/c1-19-11-9-18-17(19)15-4-3-10-20(13-15)12-14-5-7-16(8-6-14)23(2,21)22/h5-9,11,15H,3-4,10,12-13H2,1-2H3/t15-/m1/s1. The van der Waals surface area contributed by atoms with Crippen molar-refractivity contribution in [1.82, 2.24) is 14.5 Å². The van der Waals surface area contributed by atoms with Gasteiger partial charge in [0.2, 0.25) is 0 Å². The summed E-state index contributed by atoms with van der Waals surface area (Å²) in [6, 6.07) is 7.23. The third kappa shape index (κ3) is 3.82. The molecule has 1 atom stereocenters. The van der Waals surface area contributed by atoms with Gasteiger partial charge in [-0.25, -0.2) is 13.4 Å². The fraction of sp³-hybridized carbons (Fsp3) is 0.471. The van der Waals surface area contributed by atoms with E-state index in [-0.39, 0.29) is 0 Å². The molecule has 0 saturated carbocycles. The highest BCUT2D eigenvalue weighted by atomic mass is 32.2. The van der Waals surface area contributed by atoms with Crippen LogP contribution in [0.2, 0.25) is 0 Å². The molecule has 1 aromatic heterocycles. The molecular weight excluding hydrogens is 310 g/mol. The summed E-state index contributed by atoms with van der Waals surface area (Å²) in [4.78, 5) is 7.30. The summed E-state index contributed by atoms with van der Waals surface area (Å²) in [6.07, 6.45) is 7.44. The first-order valence-electron chi connectivity index (χ1n) is 7.92. The van der Waals surface area contributed by atoms with Gasteiger partial charge in [0.25, 0.3) is 0 Å². The van der Waals surface area contributed by atoms with Crippen molar-refractivity contribution < 1.29 is 8.42 Å². The highest BCUT2D eigenvalue weighted by molar-refractivity contribution is 7.90. The molecule has 0 bridgehead atoms. The smallest absolute Gasteiger partial charge is 0.175 e. The summed E-state index contributed by atoms with van der Waals surface area (Å²) < 4.78 is 25.1. The van der Waals surface area contributed by atoms with E-state index in [1.54, 1.807) is 12.1 Å². The monoisotopic (exact) mass is 333 g/mol. The van der Waals surface area contributed by atoms with Gasteiger partial charge >= 0.3 is 0 Å². The molecule has 0 spiro atoms. The number of rotatable bonds is 4. The molecule has 1 saturated heterocycles. The van der Waals surface area contributed by atoms with Crippen molar-refractivity contribution in [3.05, 3.63) is 48.0 Å². The van der Waals surface area contributed by atoms with Gasteiger partial charge in [0.05, 0.1) is 4.90 Å². The van der Waals surface area contributed by atoms with E-state index in [4.69, 9.17) is 0 Å². The van der Waals surface area contributed by atoms with Crippen LogP contribution in [0.1, 0.15) is 30.1 Å². The summed E-state index contributed by atoms with van der Waals surface area (Å²) in [5, 5.41) is 0.